The van der Waals surface area contributed by atoms with Crippen LogP contribution in [-0.4, -0.2) is 12.3 Å². The molecule has 0 heterocycles. The topological polar surface area (TPSA) is 26.0 Å². The molecule has 0 saturated heterocycles. The Hall–Kier alpha value is -0.980. The van der Waals surface area contributed by atoms with Gasteiger partial charge in [0.15, 0.2) is 0 Å². The molecule has 0 saturated carbocycles. The molecule has 16 heavy (non-hydrogen) atoms. The number of halogens is 1. The fraction of sp³-hybridized carbons (Fsp3) is 0.385. The lowest BCUT2D eigenvalue weighted by molar-refractivity contribution is 0.627. The molecule has 0 aliphatic rings. The molecule has 0 aliphatic carbocycles. The molecule has 1 nitrogen and oxygen atoms in total. The zero-order chi connectivity index (χ0) is 11.8. The smallest absolute Gasteiger partial charge is 0.124 e. The highest BCUT2D eigenvalue weighted by molar-refractivity contribution is 7.98. The number of benzene rings is 1. The fourth-order valence-electron chi connectivity index (χ4n) is 1.26. The van der Waals surface area contributed by atoms with Crippen molar-refractivity contribution >= 4 is 11.8 Å². The summed E-state index contributed by atoms with van der Waals surface area (Å²) in [6.45, 7) is 2.45. The van der Waals surface area contributed by atoms with E-state index in [0.29, 0.717) is 6.54 Å². The van der Waals surface area contributed by atoms with Gasteiger partial charge in [-0.25, -0.2) is 4.39 Å². The monoisotopic (exact) mass is 237 g/mol. The lowest BCUT2D eigenvalue weighted by atomic mass is 10.1. The van der Waals surface area contributed by atoms with Crippen LogP contribution in [-0.2, 0) is 5.75 Å². The van der Waals surface area contributed by atoms with Crippen molar-refractivity contribution in [2.45, 2.75) is 19.1 Å². The Morgan fingerprint density at radius 1 is 1.44 bits per heavy atom. The molecule has 0 bridgehead atoms. The summed E-state index contributed by atoms with van der Waals surface area (Å²) >= 11 is 1.84. The molecule has 1 aromatic carbocycles. The van der Waals surface area contributed by atoms with E-state index in [4.69, 9.17) is 5.73 Å². The van der Waals surface area contributed by atoms with E-state index in [2.05, 4.69) is 18.8 Å². The van der Waals surface area contributed by atoms with E-state index >= 15 is 0 Å². The van der Waals surface area contributed by atoms with Crippen molar-refractivity contribution in [3.05, 3.63) is 35.1 Å². The predicted molar refractivity (Wildman–Crippen MR) is 68.8 cm³/mol. The van der Waals surface area contributed by atoms with Crippen LogP contribution in [0.25, 0.3) is 0 Å². The van der Waals surface area contributed by atoms with Gasteiger partial charge < -0.3 is 5.73 Å². The van der Waals surface area contributed by atoms with Crippen LogP contribution in [0.15, 0.2) is 18.2 Å². The molecule has 0 unspecified atom stereocenters. The lowest BCUT2D eigenvalue weighted by Crippen LogP contribution is -1.95. The molecule has 0 fully saturated rings. The number of hydrogen-bond acceptors (Lipinski definition) is 2. The quantitative estimate of drug-likeness (QED) is 0.643. The van der Waals surface area contributed by atoms with Crippen molar-refractivity contribution in [2.24, 2.45) is 5.73 Å². The Kier molecular flexibility index (Phi) is 5.99. The molecule has 3 heteroatoms. The Morgan fingerprint density at radius 3 is 2.94 bits per heavy atom. The van der Waals surface area contributed by atoms with Crippen molar-refractivity contribution in [3.8, 4) is 11.8 Å². The Bertz CT molecular complexity index is 393. The van der Waals surface area contributed by atoms with E-state index in [1.54, 1.807) is 6.07 Å². The largest absolute Gasteiger partial charge is 0.320 e. The third kappa shape index (κ3) is 4.26. The highest BCUT2D eigenvalue weighted by atomic mass is 32.2. The average molecular weight is 237 g/mol. The summed E-state index contributed by atoms with van der Waals surface area (Å²) < 4.78 is 13.1. The van der Waals surface area contributed by atoms with Gasteiger partial charge in [-0.1, -0.05) is 24.8 Å². The first kappa shape index (κ1) is 13.1. The zero-order valence-corrected chi connectivity index (χ0v) is 10.2. The molecular formula is C13H16FNS. The maximum absolute atomic E-state index is 13.1. The molecule has 0 atom stereocenters. The van der Waals surface area contributed by atoms with E-state index in [1.165, 1.54) is 12.1 Å². The van der Waals surface area contributed by atoms with Crippen LogP contribution >= 0.6 is 11.8 Å². The van der Waals surface area contributed by atoms with Gasteiger partial charge in [-0.15, -0.1) is 0 Å². The van der Waals surface area contributed by atoms with Gasteiger partial charge in [0.05, 0.1) is 6.54 Å². The molecule has 2 N–H and O–H groups in total. The second kappa shape index (κ2) is 7.32. The molecule has 0 amide bonds. The molecular weight excluding hydrogens is 221 g/mol. The summed E-state index contributed by atoms with van der Waals surface area (Å²) in [6, 6.07) is 4.76. The summed E-state index contributed by atoms with van der Waals surface area (Å²) in [7, 11) is 0. The maximum atomic E-state index is 13.1. The van der Waals surface area contributed by atoms with Gasteiger partial charge in [0.2, 0.25) is 0 Å². The minimum Gasteiger partial charge on any atom is -0.320 e. The Labute approximate surface area is 101 Å². The second-order valence-corrected chi connectivity index (χ2v) is 4.47. The third-order valence-electron chi connectivity index (χ3n) is 2.00. The van der Waals surface area contributed by atoms with Gasteiger partial charge in [-0.05, 0) is 29.9 Å². The first-order valence-corrected chi connectivity index (χ1v) is 6.48. The minimum absolute atomic E-state index is 0.245. The van der Waals surface area contributed by atoms with Gasteiger partial charge >= 0.3 is 0 Å². The summed E-state index contributed by atoms with van der Waals surface area (Å²) in [4.78, 5) is 0. The number of thioether (sulfide) groups is 1. The van der Waals surface area contributed by atoms with Gasteiger partial charge in [0.25, 0.3) is 0 Å². The van der Waals surface area contributed by atoms with Crippen molar-refractivity contribution in [1.29, 1.82) is 0 Å². The molecule has 1 aromatic rings. The number of hydrogen-bond donors (Lipinski definition) is 1. The number of nitrogens with two attached hydrogens (primary N) is 1. The van der Waals surface area contributed by atoms with Gasteiger partial charge in [-0.2, -0.15) is 11.8 Å². The van der Waals surface area contributed by atoms with Gasteiger partial charge in [-0.3, -0.25) is 0 Å². The summed E-state index contributed by atoms with van der Waals surface area (Å²) in [5.74, 6) is 7.42. The maximum Gasteiger partial charge on any atom is 0.124 e. The normalized spacial score (nSPS) is 9.69. The first-order chi connectivity index (χ1) is 7.77. The van der Waals surface area contributed by atoms with Gasteiger partial charge in [0, 0.05) is 11.3 Å². The number of rotatable bonds is 4. The van der Waals surface area contributed by atoms with E-state index in [0.717, 1.165) is 29.1 Å². The van der Waals surface area contributed by atoms with Gasteiger partial charge in [0.1, 0.15) is 5.82 Å². The molecule has 86 valence electrons. The van der Waals surface area contributed by atoms with E-state index in [9.17, 15) is 4.39 Å². The standard InChI is InChI=1S/C13H16FNS/c1-2-8-16-10-12-5-6-13(14)9-11(12)4-3-7-15/h5-6,9H,2,7-8,10,15H2,1H3. The highest BCUT2D eigenvalue weighted by Gasteiger charge is 2.01. The summed E-state index contributed by atoms with van der Waals surface area (Å²) in [6.07, 6.45) is 1.15. The second-order valence-electron chi connectivity index (χ2n) is 3.36. The SMILES string of the molecule is CCCSCc1ccc(F)cc1C#CCN. The van der Waals surface area contributed by atoms with Crippen LogP contribution in [0.5, 0.6) is 0 Å². The van der Waals surface area contributed by atoms with E-state index < -0.39 is 0 Å². The molecule has 0 aliphatic heterocycles. The van der Waals surface area contributed by atoms with Crippen molar-refractivity contribution in [1.82, 2.24) is 0 Å². The lowest BCUT2D eigenvalue weighted by Gasteiger charge is -2.04. The molecule has 0 radical (unpaired) electrons. The summed E-state index contributed by atoms with van der Waals surface area (Å²) in [5.41, 5.74) is 7.16. The van der Waals surface area contributed by atoms with Crippen LogP contribution in [0.4, 0.5) is 4.39 Å². The first-order valence-electron chi connectivity index (χ1n) is 5.33. The van der Waals surface area contributed by atoms with Crippen LogP contribution in [0.3, 0.4) is 0 Å². The van der Waals surface area contributed by atoms with E-state index in [1.807, 2.05) is 11.8 Å². The Balaban J connectivity index is 2.80. The minimum atomic E-state index is -0.245. The molecule has 1 rings (SSSR count). The molecule has 0 spiro atoms. The fourth-order valence-corrected chi connectivity index (χ4v) is 2.17. The van der Waals surface area contributed by atoms with Crippen molar-refractivity contribution < 1.29 is 4.39 Å². The molecule has 0 aromatic heterocycles. The van der Waals surface area contributed by atoms with Crippen molar-refractivity contribution in [2.75, 3.05) is 12.3 Å². The predicted octanol–water partition coefficient (Wildman–Crippen LogP) is 2.78. The van der Waals surface area contributed by atoms with Crippen molar-refractivity contribution in [3.63, 3.8) is 0 Å². The average Bonchev–Trinajstić information content (AvgIpc) is 2.29. The summed E-state index contributed by atoms with van der Waals surface area (Å²) in [5, 5.41) is 0. The van der Waals surface area contributed by atoms with Crippen LogP contribution in [0.1, 0.15) is 24.5 Å². The van der Waals surface area contributed by atoms with Crippen LogP contribution in [0.2, 0.25) is 0 Å². The van der Waals surface area contributed by atoms with Crippen LogP contribution in [0, 0.1) is 17.7 Å². The van der Waals surface area contributed by atoms with Crippen LogP contribution < -0.4 is 5.73 Å². The Morgan fingerprint density at radius 2 is 2.25 bits per heavy atom. The zero-order valence-electron chi connectivity index (χ0n) is 9.42. The third-order valence-corrected chi connectivity index (χ3v) is 3.22. The van der Waals surface area contributed by atoms with E-state index in [-0.39, 0.29) is 5.82 Å². The highest BCUT2D eigenvalue weighted by Crippen LogP contribution is 2.17.